The second-order valence-electron chi connectivity index (χ2n) is 7.18. The van der Waals surface area contributed by atoms with E-state index in [1.54, 1.807) is 23.1 Å². The number of fused-ring (bicyclic) bond motifs is 1. The lowest BCUT2D eigenvalue weighted by molar-refractivity contribution is -0.111. The molecule has 1 atom stereocenters. The minimum Gasteiger partial charge on any atom is -0.465 e. The number of nitriles is 1. The van der Waals surface area contributed by atoms with Gasteiger partial charge < -0.3 is 19.4 Å². The number of likely N-dealkylation sites (tertiary alicyclic amines) is 1. The monoisotopic (exact) mass is 411 g/mol. The second kappa shape index (κ2) is 8.53. The Labute approximate surface area is 172 Å². The number of anilines is 1. The first-order chi connectivity index (χ1) is 14.1. The molecule has 1 aliphatic carbocycles. The molecule has 1 fully saturated rings. The molecule has 7 nitrogen and oxygen atoms in total. The molecule has 1 aliphatic heterocycles. The molecule has 8 heteroatoms. The number of amides is 2. The van der Waals surface area contributed by atoms with Crippen LogP contribution in [0.5, 0.6) is 0 Å². The van der Waals surface area contributed by atoms with Crippen LogP contribution in [0.3, 0.4) is 0 Å². The van der Waals surface area contributed by atoms with E-state index in [0.29, 0.717) is 22.9 Å². The Morgan fingerprint density at radius 3 is 3.00 bits per heavy atom. The number of hydrogen-bond acceptors (Lipinski definition) is 6. The lowest BCUT2D eigenvalue weighted by atomic mass is 9.88. The van der Waals surface area contributed by atoms with E-state index in [1.165, 1.54) is 23.7 Å². The molecule has 0 bridgehead atoms. The third-order valence-electron chi connectivity index (χ3n) is 5.21. The van der Waals surface area contributed by atoms with Crippen molar-refractivity contribution in [3.05, 3.63) is 46.2 Å². The first kappa shape index (κ1) is 19.3. The lowest BCUT2D eigenvalue weighted by Crippen LogP contribution is -2.43. The van der Waals surface area contributed by atoms with E-state index in [-0.39, 0.29) is 17.9 Å². The second-order valence-corrected chi connectivity index (χ2v) is 8.29. The van der Waals surface area contributed by atoms with Gasteiger partial charge in [0.15, 0.2) is 0 Å². The van der Waals surface area contributed by atoms with Crippen LogP contribution in [-0.2, 0) is 22.4 Å². The molecule has 29 heavy (non-hydrogen) atoms. The molecule has 1 N–H and O–H groups in total. The summed E-state index contributed by atoms with van der Waals surface area (Å²) in [6.07, 6.45) is 7.67. The normalized spacial score (nSPS) is 18.0. The van der Waals surface area contributed by atoms with Crippen LogP contribution < -0.4 is 5.32 Å². The van der Waals surface area contributed by atoms with E-state index in [0.717, 1.165) is 49.2 Å². The minimum atomic E-state index is -0.309. The highest BCUT2D eigenvalue weighted by Crippen LogP contribution is 2.39. The quantitative estimate of drug-likeness (QED) is 0.755. The molecule has 150 valence electrons. The zero-order valence-electron chi connectivity index (χ0n) is 15.8. The number of hydrogen-bond donors (Lipinski definition) is 1. The van der Waals surface area contributed by atoms with E-state index < -0.39 is 0 Å². The Hall–Kier alpha value is -3.05. The summed E-state index contributed by atoms with van der Waals surface area (Å²) < 4.78 is 10.6. The SMILES string of the molecule is N#Cc1c(NC(=O)C=Cc2ccco2)sc2c1CCC(COC(=O)N1CCC1)C2. The fourth-order valence-electron chi connectivity index (χ4n) is 3.48. The number of nitrogens with zero attached hydrogens (tertiary/aromatic N) is 2. The molecule has 0 spiro atoms. The predicted molar refractivity (Wildman–Crippen MR) is 108 cm³/mol. The number of ether oxygens (including phenoxy) is 1. The maximum absolute atomic E-state index is 12.2. The van der Waals surface area contributed by atoms with E-state index in [2.05, 4.69) is 11.4 Å². The fourth-order valence-corrected chi connectivity index (χ4v) is 4.79. The summed E-state index contributed by atoms with van der Waals surface area (Å²) in [5.41, 5.74) is 1.55. The summed E-state index contributed by atoms with van der Waals surface area (Å²) in [5.74, 6) is 0.513. The van der Waals surface area contributed by atoms with Crippen molar-refractivity contribution in [3.8, 4) is 6.07 Å². The summed E-state index contributed by atoms with van der Waals surface area (Å²) in [7, 11) is 0. The first-order valence-corrected chi connectivity index (χ1v) is 10.4. The molecule has 2 aromatic rings. The van der Waals surface area contributed by atoms with Crippen LogP contribution in [0.1, 0.15) is 34.6 Å². The van der Waals surface area contributed by atoms with Crippen molar-refractivity contribution < 1.29 is 18.7 Å². The molecule has 2 aromatic heterocycles. The Morgan fingerprint density at radius 1 is 1.45 bits per heavy atom. The number of carbonyl (C=O) groups is 2. The average Bonchev–Trinajstić information content (AvgIpc) is 3.30. The summed E-state index contributed by atoms with van der Waals surface area (Å²) in [6, 6.07) is 5.73. The summed E-state index contributed by atoms with van der Waals surface area (Å²) in [5, 5.41) is 13.0. The number of furan rings is 1. The van der Waals surface area contributed by atoms with E-state index in [1.807, 2.05) is 0 Å². The van der Waals surface area contributed by atoms with Crippen LogP contribution >= 0.6 is 11.3 Å². The van der Waals surface area contributed by atoms with Gasteiger partial charge in [-0.2, -0.15) is 5.26 Å². The third kappa shape index (κ3) is 4.35. The highest BCUT2D eigenvalue weighted by molar-refractivity contribution is 7.16. The number of thiophene rings is 1. The van der Waals surface area contributed by atoms with Crippen molar-refractivity contribution in [2.75, 3.05) is 25.0 Å². The first-order valence-electron chi connectivity index (χ1n) is 9.63. The maximum atomic E-state index is 12.2. The summed E-state index contributed by atoms with van der Waals surface area (Å²) >= 11 is 1.44. The van der Waals surface area contributed by atoms with Crippen LogP contribution in [0.4, 0.5) is 9.80 Å². The van der Waals surface area contributed by atoms with Crippen molar-refractivity contribution in [1.29, 1.82) is 5.26 Å². The Kier molecular flexibility index (Phi) is 5.67. The van der Waals surface area contributed by atoms with Gasteiger partial charge in [0, 0.05) is 24.0 Å². The van der Waals surface area contributed by atoms with Crippen molar-refractivity contribution in [2.24, 2.45) is 5.92 Å². The lowest BCUT2D eigenvalue weighted by Gasteiger charge is -2.31. The largest absolute Gasteiger partial charge is 0.465 e. The number of carbonyl (C=O) groups excluding carboxylic acids is 2. The van der Waals surface area contributed by atoms with Crippen molar-refractivity contribution >= 4 is 34.4 Å². The molecular weight excluding hydrogens is 390 g/mol. The molecule has 1 saturated heterocycles. The van der Waals surface area contributed by atoms with Gasteiger partial charge in [0.2, 0.25) is 5.91 Å². The Morgan fingerprint density at radius 2 is 2.31 bits per heavy atom. The van der Waals surface area contributed by atoms with Crippen LogP contribution in [0.25, 0.3) is 6.08 Å². The third-order valence-corrected chi connectivity index (χ3v) is 6.38. The van der Waals surface area contributed by atoms with E-state index in [9.17, 15) is 14.9 Å². The van der Waals surface area contributed by atoms with Gasteiger partial charge in [0.05, 0.1) is 18.4 Å². The van der Waals surface area contributed by atoms with Gasteiger partial charge in [0.25, 0.3) is 0 Å². The van der Waals surface area contributed by atoms with Crippen LogP contribution in [-0.4, -0.2) is 36.6 Å². The fraction of sp³-hybridized carbons (Fsp3) is 0.381. The van der Waals surface area contributed by atoms with Crippen LogP contribution in [0.15, 0.2) is 28.9 Å². The van der Waals surface area contributed by atoms with Crippen LogP contribution in [0, 0.1) is 17.2 Å². The topological polar surface area (TPSA) is 95.6 Å². The average molecular weight is 411 g/mol. The van der Waals surface area contributed by atoms with Gasteiger partial charge in [-0.3, -0.25) is 4.79 Å². The standard InChI is InChI=1S/C21H21N3O4S/c22-12-17-16-6-4-14(13-28-21(26)24-8-2-9-24)11-18(16)29-20(17)23-19(25)7-5-15-3-1-10-27-15/h1,3,5,7,10,14H,2,4,6,8-9,11,13H2,(H,23,25). The summed E-state index contributed by atoms with van der Waals surface area (Å²) in [6.45, 7) is 1.95. The molecule has 4 rings (SSSR count). The molecule has 0 radical (unpaired) electrons. The highest BCUT2D eigenvalue weighted by Gasteiger charge is 2.28. The molecule has 0 aromatic carbocycles. The number of nitrogens with one attached hydrogen (secondary N) is 1. The molecule has 2 aliphatic rings. The Bertz CT molecular complexity index is 967. The predicted octanol–water partition coefficient (Wildman–Crippen LogP) is 3.81. The Balaban J connectivity index is 1.38. The van der Waals surface area contributed by atoms with Crippen molar-refractivity contribution in [2.45, 2.75) is 25.7 Å². The number of rotatable bonds is 5. The minimum absolute atomic E-state index is 0.234. The van der Waals surface area contributed by atoms with Crippen molar-refractivity contribution in [3.63, 3.8) is 0 Å². The molecule has 0 saturated carbocycles. The summed E-state index contributed by atoms with van der Waals surface area (Å²) in [4.78, 5) is 26.9. The van der Waals surface area contributed by atoms with Gasteiger partial charge in [-0.1, -0.05) is 0 Å². The van der Waals surface area contributed by atoms with Crippen molar-refractivity contribution in [1.82, 2.24) is 4.90 Å². The van der Waals surface area contributed by atoms with Gasteiger partial charge in [-0.25, -0.2) is 4.79 Å². The zero-order chi connectivity index (χ0) is 20.2. The maximum Gasteiger partial charge on any atom is 0.409 e. The van der Waals surface area contributed by atoms with Gasteiger partial charge in [0.1, 0.15) is 16.8 Å². The van der Waals surface area contributed by atoms with Crippen LogP contribution in [0.2, 0.25) is 0 Å². The molecule has 2 amide bonds. The molecule has 1 unspecified atom stereocenters. The highest BCUT2D eigenvalue weighted by atomic mass is 32.1. The molecular formula is C21H21N3O4S. The van der Waals surface area contributed by atoms with Gasteiger partial charge in [-0.05, 0) is 55.4 Å². The van der Waals surface area contributed by atoms with E-state index in [4.69, 9.17) is 9.15 Å². The van der Waals surface area contributed by atoms with Gasteiger partial charge >= 0.3 is 6.09 Å². The zero-order valence-corrected chi connectivity index (χ0v) is 16.7. The van der Waals surface area contributed by atoms with Gasteiger partial charge in [-0.15, -0.1) is 11.3 Å². The molecule has 3 heterocycles. The van der Waals surface area contributed by atoms with E-state index >= 15 is 0 Å². The smallest absolute Gasteiger partial charge is 0.409 e.